The highest BCUT2D eigenvalue weighted by atomic mass is 16.5. The Kier molecular flexibility index (Phi) is 5.33. The summed E-state index contributed by atoms with van der Waals surface area (Å²) in [6.07, 6.45) is 0.920. The number of benzene rings is 2. The highest BCUT2D eigenvalue weighted by Gasteiger charge is 2.29. The van der Waals surface area contributed by atoms with Crippen LogP contribution in [0.25, 0.3) is 0 Å². The van der Waals surface area contributed by atoms with Gasteiger partial charge in [0.1, 0.15) is 0 Å². The number of rotatable bonds is 6. The van der Waals surface area contributed by atoms with Gasteiger partial charge in [0.15, 0.2) is 0 Å². The van der Waals surface area contributed by atoms with Crippen LogP contribution in [0.4, 0.5) is 17.6 Å². The maximum absolute atomic E-state index is 9.34. The molecule has 148 valence electrons. The zero-order valence-electron chi connectivity index (χ0n) is 16.3. The van der Waals surface area contributed by atoms with Gasteiger partial charge in [-0.15, -0.1) is 0 Å². The van der Waals surface area contributed by atoms with Gasteiger partial charge in [-0.2, -0.15) is 15.0 Å². The van der Waals surface area contributed by atoms with Crippen LogP contribution in [0.3, 0.4) is 0 Å². The summed E-state index contributed by atoms with van der Waals surface area (Å²) in [6, 6.07) is 15.7. The normalized spacial score (nSPS) is 15.2. The molecule has 4 rings (SSSR count). The predicted molar refractivity (Wildman–Crippen MR) is 112 cm³/mol. The zero-order valence-corrected chi connectivity index (χ0v) is 16.3. The van der Waals surface area contributed by atoms with Gasteiger partial charge in [-0.25, -0.2) is 0 Å². The van der Waals surface area contributed by atoms with E-state index in [1.54, 1.807) is 18.2 Å². The quantitative estimate of drug-likeness (QED) is 0.540. The summed E-state index contributed by atoms with van der Waals surface area (Å²) in [5, 5.41) is 21.9. The summed E-state index contributed by atoms with van der Waals surface area (Å²) in [6.45, 7) is 2.55. The minimum atomic E-state index is -1.50. The number of para-hydroxylation sites is 1. The van der Waals surface area contributed by atoms with Crippen molar-refractivity contribution in [2.75, 3.05) is 17.3 Å². The lowest BCUT2D eigenvalue weighted by atomic mass is 9.80. The molecule has 0 aliphatic carbocycles. The molecular formula is C20H22BN5O3. The molecule has 0 saturated carbocycles. The molecule has 0 spiro atoms. The average molecular weight is 391 g/mol. The molecule has 1 unspecified atom stereocenters. The van der Waals surface area contributed by atoms with Gasteiger partial charge in [-0.3, -0.25) is 0 Å². The third kappa shape index (κ3) is 4.01. The largest absolute Gasteiger partial charge is 0.488 e. The summed E-state index contributed by atoms with van der Waals surface area (Å²) in [5.41, 5.74) is 3.65. The van der Waals surface area contributed by atoms with E-state index in [0.29, 0.717) is 23.9 Å². The van der Waals surface area contributed by atoms with Crippen molar-refractivity contribution in [3.63, 3.8) is 0 Å². The standard InChI is InChI=1S/C20H22BN5O3/c1-13-10-15-7-3-4-9-17(15)26(13)19-23-18(24-20(25-19)29-2)22-12-14-6-5-8-16(11-14)21(27)28/h3-9,11,13,27-28H,10,12H2,1-2H3,(H,22,23,24,25). The van der Waals surface area contributed by atoms with Crippen LogP contribution in [0.1, 0.15) is 18.1 Å². The Balaban J connectivity index is 1.60. The topological polar surface area (TPSA) is 104 Å². The van der Waals surface area contributed by atoms with E-state index in [4.69, 9.17) is 4.74 Å². The summed E-state index contributed by atoms with van der Waals surface area (Å²) in [7, 11) is 0.0200. The summed E-state index contributed by atoms with van der Waals surface area (Å²) < 4.78 is 5.29. The minimum Gasteiger partial charge on any atom is -0.467 e. The van der Waals surface area contributed by atoms with Crippen molar-refractivity contribution in [3.05, 3.63) is 59.7 Å². The molecule has 0 amide bonds. The first-order valence-corrected chi connectivity index (χ1v) is 9.41. The van der Waals surface area contributed by atoms with Crippen molar-refractivity contribution in [1.82, 2.24) is 15.0 Å². The van der Waals surface area contributed by atoms with Gasteiger partial charge >= 0.3 is 13.1 Å². The lowest BCUT2D eigenvalue weighted by molar-refractivity contribution is 0.379. The zero-order chi connectivity index (χ0) is 20.4. The number of hydrogen-bond donors (Lipinski definition) is 3. The Labute approximate surface area is 169 Å². The summed E-state index contributed by atoms with van der Waals surface area (Å²) in [5.74, 6) is 0.912. The van der Waals surface area contributed by atoms with Gasteiger partial charge < -0.3 is 25.0 Å². The van der Waals surface area contributed by atoms with Crippen LogP contribution in [0, 0.1) is 0 Å². The van der Waals surface area contributed by atoms with Gasteiger partial charge in [-0.1, -0.05) is 42.5 Å². The molecule has 2 aromatic carbocycles. The first kappa shape index (κ1) is 19.2. The van der Waals surface area contributed by atoms with E-state index in [1.807, 2.05) is 18.2 Å². The third-order valence-corrected chi connectivity index (χ3v) is 4.91. The van der Waals surface area contributed by atoms with E-state index < -0.39 is 7.12 Å². The van der Waals surface area contributed by atoms with Crippen molar-refractivity contribution in [2.45, 2.75) is 25.9 Å². The monoisotopic (exact) mass is 391 g/mol. The van der Waals surface area contributed by atoms with Gasteiger partial charge in [0.25, 0.3) is 0 Å². The van der Waals surface area contributed by atoms with Crippen LogP contribution in [-0.2, 0) is 13.0 Å². The lowest BCUT2D eigenvalue weighted by Crippen LogP contribution is -2.30. The van der Waals surface area contributed by atoms with E-state index in [9.17, 15) is 10.0 Å². The van der Waals surface area contributed by atoms with Gasteiger partial charge in [0.2, 0.25) is 11.9 Å². The molecule has 0 fully saturated rings. The van der Waals surface area contributed by atoms with Crippen LogP contribution >= 0.6 is 0 Å². The van der Waals surface area contributed by atoms with Gasteiger partial charge in [0.05, 0.1) is 7.11 Å². The van der Waals surface area contributed by atoms with Gasteiger partial charge in [-0.05, 0) is 36.0 Å². The number of methoxy groups -OCH3 is 1. The molecule has 2 heterocycles. The van der Waals surface area contributed by atoms with Crippen LogP contribution in [0.5, 0.6) is 6.01 Å². The highest BCUT2D eigenvalue weighted by Crippen LogP contribution is 2.36. The maximum Gasteiger partial charge on any atom is 0.488 e. The van der Waals surface area contributed by atoms with Gasteiger partial charge in [0, 0.05) is 18.3 Å². The molecule has 1 aromatic heterocycles. The minimum absolute atomic E-state index is 0.218. The average Bonchev–Trinajstić information content (AvgIpc) is 3.07. The molecule has 0 bridgehead atoms. The van der Waals surface area contributed by atoms with Crippen molar-refractivity contribution in [1.29, 1.82) is 0 Å². The van der Waals surface area contributed by atoms with E-state index >= 15 is 0 Å². The van der Waals surface area contributed by atoms with Crippen molar-refractivity contribution < 1.29 is 14.8 Å². The summed E-state index contributed by atoms with van der Waals surface area (Å²) >= 11 is 0. The van der Waals surface area contributed by atoms with E-state index in [2.05, 4.69) is 44.2 Å². The first-order valence-electron chi connectivity index (χ1n) is 9.41. The number of ether oxygens (including phenoxy) is 1. The van der Waals surface area contributed by atoms with Crippen molar-refractivity contribution in [3.8, 4) is 6.01 Å². The SMILES string of the molecule is COc1nc(NCc2cccc(B(O)O)c2)nc(N2c3ccccc3CC2C)n1. The fourth-order valence-electron chi connectivity index (χ4n) is 3.54. The third-order valence-electron chi connectivity index (χ3n) is 4.91. The number of hydrogen-bond acceptors (Lipinski definition) is 8. The molecular weight excluding hydrogens is 369 g/mol. The molecule has 8 nitrogen and oxygen atoms in total. The van der Waals surface area contributed by atoms with Crippen LogP contribution < -0.4 is 20.4 Å². The molecule has 1 aliphatic heterocycles. The smallest absolute Gasteiger partial charge is 0.467 e. The Hall–Kier alpha value is -3.17. The lowest BCUT2D eigenvalue weighted by Gasteiger charge is -2.23. The maximum atomic E-state index is 9.34. The van der Waals surface area contributed by atoms with Crippen LogP contribution in [-0.4, -0.2) is 45.3 Å². The van der Waals surface area contributed by atoms with E-state index in [1.165, 1.54) is 12.7 Å². The second kappa shape index (κ2) is 8.06. The summed E-state index contributed by atoms with van der Waals surface area (Å²) in [4.78, 5) is 15.4. The number of fused-ring (bicyclic) bond motifs is 1. The number of anilines is 3. The second-order valence-corrected chi connectivity index (χ2v) is 6.97. The molecule has 1 atom stereocenters. The Morgan fingerprint density at radius 1 is 1.14 bits per heavy atom. The first-order chi connectivity index (χ1) is 14.0. The molecule has 0 saturated heterocycles. The van der Waals surface area contributed by atoms with Crippen molar-refractivity contribution in [2.24, 2.45) is 0 Å². The fraction of sp³-hybridized carbons (Fsp3) is 0.250. The Morgan fingerprint density at radius 3 is 2.76 bits per heavy atom. The van der Waals surface area contributed by atoms with Crippen LogP contribution in [0.2, 0.25) is 0 Å². The molecule has 1 aliphatic rings. The molecule has 3 aromatic rings. The highest BCUT2D eigenvalue weighted by molar-refractivity contribution is 6.58. The number of aromatic nitrogens is 3. The second-order valence-electron chi connectivity index (χ2n) is 6.97. The van der Waals surface area contributed by atoms with Crippen LogP contribution in [0.15, 0.2) is 48.5 Å². The predicted octanol–water partition coefficient (Wildman–Crippen LogP) is 1.25. The van der Waals surface area contributed by atoms with E-state index in [0.717, 1.165) is 17.7 Å². The Bertz CT molecular complexity index is 1020. The molecule has 0 radical (unpaired) electrons. The van der Waals surface area contributed by atoms with E-state index in [-0.39, 0.29) is 12.1 Å². The molecule has 9 heteroatoms. The molecule has 29 heavy (non-hydrogen) atoms. The van der Waals surface area contributed by atoms with Crippen molar-refractivity contribution >= 4 is 30.2 Å². The fourth-order valence-corrected chi connectivity index (χ4v) is 3.54. The Morgan fingerprint density at radius 2 is 1.97 bits per heavy atom. The molecule has 3 N–H and O–H groups in total. The number of nitrogens with zero attached hydrogens (tertiary/aromatic N) is 4. The number of nitrogens with one attached hydrogen (secondary N) is 1.